The van der Waals surface area contributed by atoms with Gasteiger partial charge in [-0.15, -0.1) is 22.7 Å². The summed E-state index contributed by atoms with van der Waals surface area (Å²) in [7, 11) is 0. The van der Waals surface area contributed by atoms with Crippen LogP contribution in [0.3, 0.4) is 0 Å². The number of nitrogens with zero attached hydrogens (tertiary/aromatic N) is 1. The van der Waals surface area contributed by atoms with E-state index < -0.39 is 0 Å². The van der Waals surface area contributed by atoms with Gasteiger partial charge in [-0.1, -0.05) is 6.07 Å². The molecule has 0 aromatic carbocycles. The third-order valence-electron chi connectivity index (χ3n) is 3.19. The molecule has 1 unspecified atom stereocenters. The summed E-state index contributed by atoms with van der Waals surface area (Å²) in [5, 5.41) is 3.31. The van der Waals surface area contributed by atoms with Crippen molar-refractivity contribution in [2.45, 2.75) is 38.1 Å². The minimum Gasteiger partial charge on any atom is -0.323 e. The molecule has 1 aliphatic carbocycles. The predicted molar refractivity (Wildman–Crippen MR) is 73.7 cm³/mol. The molecule has 0 amide bonds. The van der Waals surface area contributed by atoms with Gasteiger partial charge in [0, 0.05) is 22.2 Å². The second-order valence-corrected chi connectivity index (χ2v) is 6.66. The molecule has 0 bridgehead atoms. The van der Waals surface area contributed by atoms with Crippen molar-refractivity contribution in [3.63, 3.8) is 0 Å². The second-order valence-electron chi connectivity index (χ2n) is 4.51. The zero-order valence-corrected chi connectivity index (χ0v) is 11.3. The summed E-state index contributed by atoms with van der Waals surface area (Å²) < 4.78 is 0. The van der Waals surface area contributed by atoms with Crippen LogP contribution in [-0.4, -0.2) is 4.98 Å². The number of thiazole rings is 1. The number of nitrogens with two attached hydrogens (primary N) is 1. The summed E-state index contributed by atoms with van der Waals surface area (Å²) in [6, 6.07) is 4.29. The fraction of sp³-hybridized carbons (Fsp3) is 0.462. The molecule has 2 aromatic rings. The third kappa shape index (κ3) is 2.44. The van der Waals surface area contributed by atoms with E-state index in [9.17, 15) is 0 Å². The Morgan fingerprint density at radius 2 is 2.24 bits per heavy atom. The Morgan fingerprint density at radius 3 is 3.00 bits per heavy atom. The molecule has 0 fully saturated rings. The Balaban J connectivity index is 1.74. The van der Waals surface area contributed by atoms with Crippen LogP contribution in [0.4, 0.5) is 0 Å². The van der Waals surface area contributed by atoms with Crippen LogP contribution in [0.25, 0.3) is 0 Å². The average Bonchev–Trinajstić information content (AvgIpc) is 2.97. The van der Waals surface area contributed by atoms with Crippen LogP contribution in [0, 0.1) is 0 Å². The van der Waals surface area contributed by atoms with Crippen molar-refractivity contribution in [1.29, 1.82) is 0 Å². The van der Waals surface area contributed by atoms with E-state index in [1.54, 1.807) is 11.3 Å². The van der Waals surface area contributed by atoms with Gasteiger partial charge in [0.1, 0.15) is 0 Å². The van der Waals surface area contributed by atoms with Crippen LogP contribution in [0.2, 0.25) is 0 Å². The van der Waals surface area contributed by atoms with E-state index in [-0.39, 0.29) is 6.04 Å². The minimum atomic E-state index is 0.114. The molecule has 2 aromatic heterocycles. The average molecular weight is 264 g/mol. The zero-order valence-electron chi connectivity index (χ0n) is 9.69. The summed E-state index contributed by atoms with van der Waals surface area (Å²) in [6.07, 6.45) is 5.90. The Kier molecular flexibility index (Phi) is 3.27. The van der Waals surface area contributed by atoms with Gasteiger partial charge in [-0.05, 0) is 37.1 Å². The number of thiophene rings is 1. The van der Waals surface area contributed by atoms with Gasteiger partial charge in [0.15, 0.2) is 0 Å². The lowest BCUT2D eigenvalue weighted by atomic mass is 10.0. The Labute approximate surface area is 110 Å². The largest absolute Gasteiger partial charge is 0.323 e. The molecule has 17 heavy (non-hydrogen) atoms. The summed E-state index contributed by atoms with van der Waals surface area (Å²) in [5.74, 6) is 0. The molecule has 2 nitrogen and oxygen atoms in total. The molecule has 2 heterocycles. The van der Waals surface area contributed by atoms with Crippen molar-refractivity contribution in [2.24, 2.45) is 5.73 Å². The molecular weight excluding hydrogens is 248 g/mol. The first kappa shape index (κ1) is 11.4. The van der Waals surface area contributed by atoms with Crippen molar-refractivity contribution in [1.82, 2.24) is 4.98 Å². The maximum Gasteiger partial charge on any atom is 0.0950 e. The number of aromatic nitrogens is 1. The molecule has 0 saturated heterocycles. The topological polar surface area (TPSA) is 38.9 Å². The predicted octanol–water partition coefficient (Wildman–Crippen LogP) is 3.33. The summed E-state index contributed by atoms with van der Waals surface area (Å²) in [6.45, 7) is 0. The lowest BCUT2D eigenvalue weighted by Gasteiger charge is -2.06. The normalized spacial score (nSPS) is 16.8. The van der Waals surface area contributed by atoms with Gasteiger partial charge in [0.05, 0.1) is 10.7 Å². The molecule has 0 aliphatic heterocycles. The van der Waals surface area contributed by atoms with Crippen molar-refractivity contribution in [3.05, 3.63) is 38.0 Å². The van der Waals surface area contributed by atoms with E-state index in [0.29, 0.717) is 0 Å². The molecule has 4 heteroatoms. The molecule has 1 atom stereocenters. The fourth-order valence-electron chi connectivity index (χ4n) is 2.28. The quantitative estimate of drug-likeness (QED) is 0.923. The third-order valence-corrected chi connectivity index (χ3v) is 5.38. The fourth-order valence-corrected chi connectivity index (χ4v) is 4.23. The maximum atomic E-state index is 6.21. The van der Waals surface area contributed by atoms with Gasteiger partial charge in [-0.2, -0.15) is 0 Å². The molecule has 90 valence electrons. The number of hydrogen-bond donors (Lipinski definition) is 1. The van der Waals surface area contributed by atoms with Gasteiger partial charge in [-0.3, -0.25) is 0 Å². The van der Waals surface area contributed by atoms with E-state index in [4.69, 9.17) is 10.7 Å². The highest BCUT2D eigenvalue weighted by molar-refractivity contribution is 7.11. The zero-order chi connectivity index (χ0) is 11.7. The SMILES string of the molecule is NC(Cc1nc2c(s1)CCCC2)c1cccs1. The molecule has 3 rings (SSSR count). The lowest BCUT2D eigenvalue weighted by molar-refractivity contribution is 0.675. The molecule has 1 aliphatic rings. The Bertz CT molecular complexity index is 464. The maximum absolute atomic E-state index is 6.21. The van der Waals surface area contributed by atoms with Crippen molar-refractivity contribution < 1.29 is 0 Å². The van der Waals surface area contributed by atoms with E-state index >= 15 is 0 Å². The number of hydrogen-bond acceptors (Lipinski definition) is 4. The highest BCUT2D eigenvalue weighted by atomic mass is 32.1. The molecule has 0 saturated carbocycles. The van der Waals surface area contributed by atoms with Gasteiger partial charge in [0.25, 0.3) is 0 Å². The van der Waals surface area contributed by atoms with Crippen molar-refractivity contribution in [2.75, 3.05) is 0 Å². The van der Waals surface area contributed by atoms with Crippen LogP contribution in [0.15, 0.2) is 17.5 Å². The van der Waals surface area contributed by atoms with Crippen LogP contribution >= 0.6 is 22.7 Å². The molecule has 2 N–H and O–H groups in total. The van der Waals surface area contributed by atoms with Crippen LogP contribution in [-0.2, 0) is 19.3 Å². The monoisotopic (exact) mass is 264 g/mol. The summed E-state index contributed by atoms with van der Waals surface area (Å²) in [4.78, 5) is 7.51. The van der Waals surface area contributed by atoms with E-state index in [0.717, 1.165) is 6.42 Å². The standard InChI is InChI=1S/C13H16N2S2/c14-9(11-6-3-7-16-11)8-13-15-10-4-1-2-5-12(10)17-13/h3,6-7,9H,1-2,4-5,8,14H2. The first-order valence-electron chi connectivity index (χ1n) is 6.09. The molecular formula is C13H16N2S2. The van der Waals surface area contributed by atoms with Gasteiger partial charge >= 0.3 is 0 Å². The van der Waals surface area contributed by atoms with Crippen LogP contribution < -0.4 is 5.73 Å². The number of rotatable bonds is 3. The molecule has 0 spiro atoms. The highest BCUT2D eigenvalue weighted by Gasteiger charge is 2.17. The minimum absolute atomic E-state index is 0.114. The molecule has 0 radical (unpaired) electrons. The van der Waals surface area contributed by atoms with Gasteiger partial charge in [-0.25, -0.2) is 4.98 Å². The first-order valence-corrected chi connectivity index (χ1v) is 7.79. The van der Waals surface area contributed by atoms with Crippen LogP contribution in [0.1, 0.15) is 39.3 Å². The van der Waals surface area contributed by atoms with Gasteiger partial charge in [0.2, 0.25) is 0 Å². The summed E-state index contributed by atoms with van der Waals surface area (Å²) >= 11 is 3.61. The Hall–Kier alpha value is -0.710. The second kappa shape index (κ2) is 4.88. The number of fused-ring (bicyclic) bond motifs is 1. The van der Waals surface area contributed by atoms with Crippen molar-refractivity contribution in [3.8, 4) is 0 Å². The first-order chi connectivity index (χ1) is 8.33. The number of aryl methyl sites for hydroxylation is 2. The smallest absolute Gasteiger partial charge is 0.0950 e. The van der Waals surface area contributed by atoms with E-state index in [1.165, 1.54) is 46.1 Å². The van der Waals surface area contributed by atoms with Gasteiger partial charge < -0.3 is 5.73 Å². The van der Waals surface area contributed by atoms with Crippen molar-refractivity contribution >= 4 is 22.7 Å². The Morgan fingerprint density at radius 1 is 1.35 bits per heavy atom. The van der Waals surface area contributed by atoms with Crippen LogP contribution in [0.5, 0.6) is 0 Å². The summed E-state index contributed by atoms with van der Waals surface area (Å²) in [5.41, 5.74) is 7.55. The van der Waals surface area contributed by atoms with E-state index in [1.807, 2.05) is 11.3 Å². The lowest BCUT2D eigenvalue weighted by Crippen LogP contribution is -2.11. The highest BCUT2D eigenvalue weighted by Crippen LogP contribution is 2.29. The van der Waals surface area contributed by atoms with E-state index in [2.05, 4.69) is 17.5 Å².